The third-order valence-corrected chi connectivity index (χ3v) is 5.03. The zero-order valence-corrected chi connectivity index (χ0v) is 12.5. The highest BCUT2D eigenvalue weighted by molar-refractivity contribution is 7.92. The number of hydrogen-bond acceptors (Lipinski definition) is 3. The number of rotatable bonds is 5. The van der Waals surface area contributed by atoms with Gasteiger partial charge in [0.2, 0.25) is 10.0 Å². The Kier molecular flexibility index (Phi) is 4.50. The Hall–Kier alpha value is -1.04. The lowest BCUT2D eigenvalue weighted by Crippen LogP contribution is -2.24. The predicted molar refractivity (Wildman–Crippen MR) is 76.6 cm³/mol. The lowest BCUT2D eigenvalue weighted by atomic mass is 9.96. The lowest BCUT2D eigenvalue weighted by molar-refractivity contribution is 0.333. The molecule has 1 aliphatic carbocycles. The van der Waals surface area contributed by atoms with Crippen LogP contribution in [0, 0.1) is 5.92 Å². The third-order valence-electron chi connectivity index (χ3n) is 3.40. The maximum Gasteiger partial charge on any atom is 0.234 e. The Balaban J connectivity index is 2.11. The minimum absolute atomic E-state index is 0.114. The highest BCUT2D eigenvalue weighted by Gasteiger charge is 2.21. The predicted octanol–water partition coefficient (Wildman–Crippen LogP) is 2.79. The van der Waals surface area contributed by atoms with Crippen LogP contribution in [0.4, 0.5) is 5.82 Å². The summed E-state index contributed by atoms with van der Waals surface area (Å²) in [5.74, 6) is 0.860. The van der Waals surface area contributed by atoms with E-state index in [2.05, 4.69) is 9.82 Å². The second-order valence-electron chi connectivity index (χ2n) is 5.73. The standard InChI is InChI=1S/C13H23N3O2S/c1-11(2)10-19(17,18)15-13-8-9-14-16(13)12-6-4-3-5-7-12/h8-9,11-12,15H,3-7,10H2,1-2H3. The minimum Gasteiger partial charge on any atom is -0.268 e. The SMILES string of the molecule is CC(C)CS(=O)(=O)Nc1ccnn1C1CCCCC1. The molecule has 1 aromatic rings. The summed E-state index contributed by atoms with van der Waals surface area (Å²) in [5.41, 5.74) is 0. The Morgan fingerprint density at radius 3 is 2.68 bits per heavy atom. The van der Waals surface area contributed by atoms with Crippen molar-refractivity contribution in [2.24, 2.45) is 5.92 Å². The molecule has 0 bridgehead atoms. The fourth-order valence-corrected chi connectivity index (χ4v) is 4.09. The average Bonchev–Trinajstić information content (AvgIpc) is 2.75. The van der Waals surface area contributed by atoms with Gasteiger partial charge < -0.3 is 0 Å². The Morgan fingerprint density at radius 2 is 2.05 bits per heavy atom. The fraction of sp³-hybridized carbons (Fsp3) is 0.769. The van der Waals surface area contributed by atoms with Crippen molar-refractivity contribution in [2.75, 3.05) is 10.5 Å². The second kappa shape index (κ2) is 5.94. The molecule has 1 aliphatic rings. The molecule has 108 valence electrons. The molecule has 0 atom stereocenters. The summed E-state index contributed by atoms with van der Waals surface area (Å²) in [6.07, 6.45) is 7.50. The van der Waals surface area contributed by atoms with E-state index in [0.29, 0.717) is 11.9 Å². The summed E-state index contributed by atoms with van der Waals surface area (Å²) in [7, 11) is -3.28. The molecule has 0 unspecified atom stereocenters. The fourth-order valence-electron chi connectivity index (χ4n) is 2.65. The van der Waals surface area contributed by atoms with Crippen molar-refractivity contribution < 1.29 is 8.42 Å². The highest BCUT2D eigenvalue weighted by Crippen LogP contribution is 2.30. The van der Waals surface area contributed by atoms with Crippen molar-refractivity contribution in [3.63, 3.8) is 0 Å². The summed E-state index contributed by atoms with van der Waals surface area (Å²) < 4.78 is 28.5. The zero-order chi connectivity index (χ0) is 13.9. The van der Waals surface area contributed by atoms with Gasteiger partial charge in [-0.15, -0.1) is 0 Å². The Labute approximate surface area is 115 Å². The molecule has 1 heterocycles. The summed E-state index contributed by atoms with van der Waals surface area (Å²) in [6, 6.07) is 2.08. The molecule has 19 heavy (non-hydrogen) atoms. The van der Waals surface area contributed by atoms with Gasteiger partial charge in [0, 0.05) is 6.07 Å². The second-order valence-corrected chi connectivity index (χ2v) is 7.50. The Bertz CT molecular complexity index is 502. The van der Waals surface area contributed by atoms with Gasteiger partial charge in [-0.25, -0.2) is 13.1 Å². The molecule has 0 saturated heterocycles. The summed E-state index contributed by atoms with van der Waals surface area (Å²) in [4.78, 5) is 0. The summed E-state index contributed by atoms with van der Waals surface area (Å²) in [6.45, 7) is 3.80. The van der Waals surface area contributed by atoms with E-state index in [1.54, 1.807) is 12.3 Å². The Morgan fingerprint density at radius 1 is 1.37 bits per heavy atom. The van der Waals surface area contributed by atoms with Crippen molar-refractivity contribution in [1.82, 2.24) is 9.78 Å². The van der Waals surface area contributed by atoms with Crippen LogP contribution < -0.4 is 4.72 Å². The van der Waals surface area contributed by atoms with Gasteiger partial charge in [-0.2, -0.15) is 5.10 Å². The van der Waals surface area contributed by atoms with Crippen LogP contribution in [0.2, 0.25) is 0 Å². The van der Waals surface area contributed by atoms with Crippen LogP contribution in [0.15, 0.2) is 12.3 Å². The van der Waals surface area contributed by atoms with Gasteiger partial charge in [-0.3, -0.25) is 4.72 Å². The van der Waals surface area contributed by atoms with Crippen LogP contribution in [0.5, 0.6) is 0 Å². The van der Waals surface area contributed by atoms with Crippen LogP contribution in [0.25, 0.3) is 0 Å². The molecule has 1 saturated carbocycles. The van der Waals surface area contributed by atoms with Crippen LogP contribution in [-0.2, 0) is 10.0 Å². The number of hydrogen-bond donors (Lipinski definition) is 1. The van der Waals surface area contributed by atoms with Crippen molar-refractivity contribution in [2.45, 2.75) is 52.0 Å². The highest BCUT2D eigenvalue weighted by atomic mass is 32.2. The normalized spacial score (nSPS) is 17.8. The van der Waals surface area contributed by atoms with E-state index in [1.165, 1.54) is 19.3 Å². The van der Waals surface area contributed by atoms with E-state index < -0.39 is 10.0 Å². The van der Waals surface area contributed by atoms with Gasteiger partial charge in [0.1, 0.15) is 5.82 Å². The molecule has 5 nitrogen and oxygen atoms in total. The smallest absolute Gasteiger partial charge is 0.234 e. The number of nitrogens with zero attached hydrogens (tertiary/aromatic N) is 2. The number of nitrogens with one attached hydrogen (secondary N) is 1. The van der Waals surface area contributed by atoms with Gasteiger partial charge in [0.25, 0.3) is 0 Å². The molecule has 0 amide bonds. The van der Waals surface area contributed by atoms with E-state index in [4.69, 9.17) is 0 Å². The summed E-state index contributed by atoms with van der Waals surface area (Å²) in [5, 5.41) is 4.29. The van der Waals surface area contributed by atoms with E-state index >= 15 is 0 Å². The molecular weight excluding hydrogens is 262 g/mol. The molecule has 0 spiro atoms. The molecule has 2 rings (SSSR count). The third kappa shape index (κ3) is 3.96. The van der Waals surface area contributed by atoms with Gasteiger partial charge in [-0.1, -0.05) is 33.1 Å². The van der Waals surface area contributed by atoms with E-state index in [0.717, 1.165) is 12.8 Å². The van der Waals surface area contributed by atoms with Crippen molar-refractivity contribution in [3.05, 3.63) is 12.3 Å². The maximum atomic E-state index is 12.0. The zero-order valence-electron chi connectivity index (χ0n) is 11.7. The molecule has 1 N–H and O–H groups in total. The lowest BCUT2D eigenvalue weighted by Gasteiger charge is -2.24. The van der Waals surface area contributed by atoms with Crippen molar-refractivity contribution >= 4 is 15.8 Å². The van der Waals surface area contributed by atoms with Gasteiger partial charge >= 0.3 is 0 Å². The first-order chi connectivity index (χ1) is 8.98. The summed E-state index contributed by atoms with van der Waals surface area (Å²) >= 11 is 0. The maximum absolute atomic E-state index is 12.0. The molecule has 0 radical (unpaired) electrons. The minimum atomic E-state index is -3.28. The first-order valence-electron chi connectivity index (χ1n) is 7.02. The molecule has 0 aliphatic heterocycles. The number of sulfonamides is 1. The number of anilines is 1. The molecule has 0 aromatic carbocycles. The average molecular weight is 285 g/mol. The molecular formula is C13H23N3O2S. The van der Waals surface area contributed by atoms with E-state index in [1.807, 2.05) is 18.5 Å². The van der Waals surface area contributed by atoms with Gasteiger partial charge in [-0.05, 0) is 18.8 Å². The van der Waals surface area contributed by atoms with Crippen LogP contribution in [0.3, 0.4) is 0 Å². The largest absolute Gasteiger partial charge is 0.268 e. The van der Waals surface area contributed by atoms with Crippen LogP contribution in [0.1, 0.15) is 52.0 Å². The van der Waals surface area contributed by atoms with E-state index in [-0.39, 0.29) is 11.7 Å². The number of aromatic nitrogens is 2. The van der Waals surface area contributed by atoms with Crippen molar-refractivity contribution in [1.29, 1.82) is 0 Å². The topological polar surface area (TPSA) is 64.0 Å². The van der Waals surface area contributed by atoms with Crippen LogP contribution in [-0.4, -0.2) is 24.0 Å². The van der Waals surface area contributed by atoms with Crippen LogP contribution >= 0.6 is 0 Å². The first-order valence-corrected chi connectivity index (χ1v) is 8.67. The molecule has 6 heteroatoms. The monoisotopic (exact) mass is 285 g/mol. The van der Waals surface area contributed by atoms with E-state index in [9.17, 15) is 8.42 Å². The molecule has 1 fully saturated rings. The molecule has 1 aromatic heterocycles. The van der Waals surface area contributed by atoms with Gasteiger partial charge in [0.15, 0.2) is 0 Å². The first kappa shape index (κ1) is 14.4. The quantitative estimate of drug-likeness (QED) is 0.904. The van der Waals surface area contributed by atoms with Crippen molar-refractivity contribution in [3.8, 4) is 0 Å². The van der Waals surface area contributed by atoms with Gasteiger partial charge in [0.05, 0.1) is 18.0 Å².